The molecule has 3 atom stereocenters. The monoisotopic (exact) mass is 311 g/mol. The lowest BCUT2D eigenvalue weighted by atomic mass is 10.1. The summed E-state index contributed by atoms with van der Waals surface area (Å²) >= 11 is 5.89. The molecule has 0 aromatic heterocycles. The third kappa shape index (κ3) is 4.33. The lowest BCUT2D eigenvalue weighted by Gasteiger charge is -2.21. The number of aliphatic hydroxyl groups is 1. The third-order valence-corrected chi connectivity index (χ3v) is 4.31. The molecule has 1 heterocycles. The summed E-state index contributed by atoms with van der Waals surface area (Å²) in [5.74, 6) is 1.41. The molecule has 21 heavy (non-hydrogen) atoms. The van der Waals surface area contributed by atoms with Gasteiger partial charge in [-0.2, -0.15) is 0 Å². The minimum atomic E-state index is -0.538. The smallest absolute Gasteiger partial charge is 0.120 e. The van der Waals surface area contributed by atoms with E-state index in [9.17, 15) is 5.11 Å². The average Bonchev–Trinajstić information content (AvgIpc) is 3.22. The Kier molecular flexibility index (Phi) is 5.01. The number of halogens is 1. The molecular formula is C16H22ClNO3. The molecule has 116 valence electrons. The Bertz CT molecular complexity index is 467. The zero-order chi connectivity index (χ0) is 14.7. The van der Waals surface area contributed by atoms with Crippen LogP contribution in [-0.4, -0.2) is 43.1 Å². The van der Waals surface area contributed by atoms with Crippen molar-refractivity contribution in [2.45, 2.75) is 37.5 Å². The Balaban J connectivity index is 1.39. The molecule has 0 radical (unpaired) electrons. The maximum Gasteiger partial charge on any atom is 0.120 e. The Hall–Kier alpha value is -0.810. The maximum absolute atomic E-state index is 10.0. The molecular weight excluding hydrogens is 290 g/mol. The van der Waals surface area contributed by atoms with Crippen LogP contribution in [0.15, 0.2) is 24.3 Å². The van der Waals surface area contributed by atoms with Crippen LogP contribution in [-0.2, 0) is 4.74 Å². The van der Waals surface area contributed by atoms with Gasteiger partial charge < -0.3 is 19.9 Å². The van der Waals surface area contributed by atoms with E-state index in [0.717, 1.165) is 18.9 Å². The molecule has 2 fully saturated rings. The molecule has 1 saturated heterocycles. The van der Waals surface area contributed by atoms with Gasteiger partial charge in [-0.1, -0.05) is 17.7 Å². The summed E-state index contributed by atoms with van der Waals surface area (Å²) in [5, 5.41) is 14.1. The molecule has 1 saturated carbocycles. The van der Waals surface area contributed by atoms with Crippen LogP contribution in [0.1, 0.15) is 19.3 Å². The molecule has 1 aromatic rings. The highest BCUT2D eigenvalue weighted by atomic mass is 35.5. The minimum Gasteiger partial charge on any atom is -0.491 e. The molecule has 2 aliphatic rings. The topological polar surface area (TPSA) is 50.7 Å². The van der Waals surface area contributed by atoms with E-state index in [-0.39, 0.29) is 6.61 Å². The van der Waals surface area contributed by atoms with Gasteiger partial charge in [0.25, 0.3) is 0 Å². The highest BCUT2D eigenvalue weighted by Crippen LogP contribution is 2.38. The summed E-state index contributed by atoms with van der Waals surface area (Å²) in [5.41, 5.74) is 0. The largest absolute Gasteiger partial charge is 0.491 e. The fourth-order valence-electron chi connectivity index (χ4n) is 2.81. The number of rotatable bonds is 7. The van der Waals surface area contributed by atoms with E-state index in [1.807, 2.05) is 12.1 Å². The highest BCUT2D eigenvalue weighted by molar-refractivity contribution is 6.30. The quantitative estimate of drug-likeness (QED) is 0.811. The standard InChI is InChI=1S/C16H22ClNO3/c17-12-2-1-3-14(8-12)21-10-13(19)9-18-15-6-7-20-16(15)11-4-5-11/h1-3,8,11,13,15-16,18-19H,4-7,9-10H2. The SMILES string of the molecule is OC(CNC1CCOC1C1CC1)COc1cccc(Cl)c1. The van der Waals surface area contributed by atoms with E-state index < -0.39 is 6.10 Å². The fourth-order valence-corrected chi connectivity index (χ4v) is 2.99. The van der Waals surface area contributed by atoms with Gasteiger partial charge in [-0.25, -0.2) is 0 Å². The first-order valence-electron chi connectivity index (χ1n) is 7.64. The van der Waals surface area contributed by atoms with Crippen LogP contribution in [0.25, 0.3) is 0 Å². The number of aliphatic hydroxyl groups excluding tert-OH is 1. The van der Waals surface area contributed by atoms with Gasteiger partial charge in [0.1, 0.15) is 18.5 Å². The average molecular weight is 312 g/mol. The zero-order valence-corrected chi connectivity index (χ0v) is 12.8. The van der Waals surface area contributed by atoms with Crippen LogP contribution >= 0.6 is 11.6 Å². The van der Waals surface area contributed by atoms with Crippen molar-refractivity contribution in [2.75, 3.05) is 19.8 Å². The lowest BCUT2D eigenvalue weighted by Crippen LogP contribution is -2.42. The Morgan fingerprint density at radius 2 is 2.24 bits per heavy atom. The summed E-state index contributed by atoms with van der Waals surface area (Å²) < 4.78 is 11.3. The molecule has 3 unspecified atom stereocenters. The first kappa shape index (κ1) is 15.1. The molecule has 1 aromatic carbocycles. The van der Waals surface area contributed by atoms with Crippen molar-refractivity contribution in [3.8, 4) is 5.75 Å². The minimum absolute atomic E-state index is 0.259. The molecule has 3 rings (SSSR count). The molecule has 1 aliphatic heterocycles. The highest BCUT2D eigenvalue weighted by Gasteiger charge is 2.40. The van der Waals surface area contributed by atoms with Crippen molar-refractivity contribution >= 4 is 11.6 Å². The van der Waals surface area contributed by atoms with Gasteiger partial charge in [0.2, 0.25) is 0 Å². The fraction of sp³-hybridized carbons (Fsp3) is 0.625. The predicted octanol–water partition coefficient (Wildman–Crippen LogP) is 2.24. The first-order chi connectivity index (χ1) is 10.2. The zero-order valence-electron chi connectivity index (χ0n) is 12.0. The van der Waals surface area contributed by atoms with Crippen molar-refractivity contribution in [1.29, 1.82) is 0 Å². The maximum atomic E-state index is 10.0. The predicted molar refractivity (Wildman–Crippen MR) is 81.8 cm³/mol. The molecule has 1 aliphatic carbocycles. The van der Waals surface area contributed by atoms with Crippen LogP contribution in [0.4, 0.5) is 0 Å². The summed E-state index contributed by atoms with van der Waals surface area (Å²) in [7, 11) is 0. The summed E-state index contributed by atoms with van der Waals surface area (Å²) in [6.07, 6.45) is 3.39. The number of hydrogen-bond donors (Lipinski definition) is 2. The first-order valence-corrected chi connectivity index (χ1v) is 8.01. The van der Waals surface area contributed by atoms with Gasteiger partial charge in [0.15, 0.2) is 0 Å². The Labute approximate surface area is 130 Å². The number of nitrogens with one attached hydrogen (secondary N) is 1. The van der Waals surface area contributed by atoms with E-state index in [1.54, 1.807) is 12.1 Å². The number of hydrogen-bond acceptors (Lipinski definition) is 4. The van der Waals surface area contributed by atoms with Crippen LogP contribution in [0, 0.1) is 5.92 Å². The third-order valence-electron chi connectivity index (χ3n) is 4.08. The number of benzene rings is 1. The second kappa shape index (κ2) is 6.97. The van der Waals surface area contributed by atoms with E-state index >= 15 is 0 Å². The second-order valence-corrected chi connectivity index (χ2v) is 6.33. The Morgan fingerprint density at radius 3 is 3.00 bits per heavy atom. The van der Waals surface area contributed by atoms with Crippen LogP contribution in [0.5, 0.6) is 5.75 Å². The second-order valence-electron chi connectivity index (χ2n) is 5.90. The molecule has 5 heteroatoms. The molecule has 0 spiro atoms. The lowest BCUT2D eigenvalue weighted by molar-refractivity contribution is 0.0706. The molecule has 0 bridgehead atoms. The van der Waals surface area contributed by atoms with E-state index in [0.29, 0.717) is 29.5 Å². The van der Waals surface area contributed by atoms with E-state index in [1.165, 1.54) is 12.8 Å². The summed E-state index contributed by atoms with van der Waals surface area (Å²) in [6.45, 7) is 1.61. The van der Waals surface area contributed by atoms with E-state index in [2.05, 4.69) is 5.32 Å². The molecule has 0 amide bonds. The Morgan fingerprint density at radius 1 is 1.38 bits per heavy atom. The van der Waals surface area contributed by atoms with E-state index in [4.69, 9.17) is 21.1 Å². The van der Waals surface area contributed by atoms with Gasteiger partial charge in [-0.3, -0.25) is 0 Å². The van der Waals surface area contributed by atoms with Crippen LogP contribution in [0.2, 0.25) is 5.02 Å². The van der Waals surface area contributed by atoms with Crippen molar-refractivity contribution in [3.63, 3.8) is 0 Å². The normalized spacial score (nSPS) is 26.8. The summed E-state index contributed by atoms with van der Waals surface area (Å²) in [4.78, 5) is 0. The van der Waals surface area contributed by atoms with Gasteiger partial charge in [-0.15, -0.1) is 0 Å². The van der Waals surface area contributed by atoms with Crippen molar-refractivity contribution in [1.82, 2.24) is 5.32 Å². The van der Waals surface area contributed by atoms with Crippen LogP contribution in [0.3, 0.4) is 0 Å². The molecule has 2 N–H and O–H groups in total. The van der Waals surface area contributed by atoms with Crippen LogP contribution < -0.4 is 10.1 Å². The molecule has 4 nitrogen and oxygen atoms in total. The van der Waals surface area contributed by atoms with Gasteiger partial charge in [0.05, 0.1) is 6.10 Å². The number of ether oxygens (including phenoxy) is 2. The van der Waals surface area contributed by atoms with Crippen molar-refractivity contribution < 1.29 is 14.6 Å². The van der Waals surface area contributed by atoms with Gasteiger partial charge in [0, 0.05) is 24.2 Å². The van der Waals surface area contributed by atoms with Gasteiger partial charge >= 0.3 is 0 Å². The van der Waals surface area contributed by atoms with Crippen molar-refractivity contribution in [2.24, 2.45) is 5.92 Å². The summed E-state index contributed by atoms with van der Waals surface area (Å²) in [6, 6.07) is 7.58. The van der Waals surface area contributed by atoms with Gasteiger partial charge in [-0.05, 0) is 43.4 Å². The van der Waals surface area contributed by atoms with Crippen molar-refractivity contribution in [3.05, 3.63) is 29.3 Å².